The Balaban J connectivity index is 1.51. The molecular weight excluding hydrogens is 332 g/mol. The molecule has 1 atom stereocenters. The fraction of sp³-hybridized carbons (Fsp3) is 0.474. The van der Waals surface area contributed by atoms with Gasteiger partial charge in [-0.25, -0.2) is 4.79 Å². The molecule has 1 aliphatic carbocycles. The number of carbonyl (C=O) groups is 1. The molecule has 1 aromatic heterocycles. The maximum absolute atomic E-state index is 12.2. The Morgan fingerprint density at radius 2 is 2.15 bits per heavy atom. The number of nitrogens with one attached hydrogen (secondary N) is 2. The van der Waals surface area contributed by atoms with Crippen LogP contribution >= 0.6 is 0 Å². The van der Waals surface area contributed by atoms with Gasteiger partial charge in [-0.3, -0.25) is 10.00 Å². The minimum atomic E-state index is -0.298. The van der Waals surface area contributed by atoms with Crippen LogP contribution in [0.2, 0.25) is 0 Å². The number of aromatic nitrogens is 2. The second kappa shape index (κ2) is 8.71. The first-order valence-corrected chi connectivity index (χ1v) is 8.99. The maximum atomic E-state index is 12.2. The Labute approximate surface area is 153 Å². The summed E-state index contributed by atoms with van der Waals surface area (Å²) in [4.78, 5) is 12.2. The number of carbonyl (C=O) groups excluding carboxylic acids is 1. The zero-order valence-corrected chi connectivity index (χ0v) is 15.3. The van der Waals surface area contributed by atoms with Crippen LogP contribution < -0.4 is 15.4 Å². The van der Waals surface area contributed by atoms with Gasteiger partial charge >= 0.3 is 6.03 Å². The minimum Gasteiger partial charge on any atom is -0.490 e. The predicted molar refractivity (Wildman–Crippen MR) is 99.4 cm³/mol. The summed E-state index contributed by atoms with van der Waals surface area (Å²) in [5.41, 5.74) is 0.966. The van der Waals surface area contributed by atoms with Crippen molar-refractivity contribution in [3.8, 4) is 5.75 Å². The lowest BCUT2D eigenvalue weighted by molar-refractivity contribution is 0.119. The van der Waals surface area contributed by atoms with Gasteiger partial charge in [0.2, 0.25) is 0 Å². The highest BCUT2D eigenvalue weighted by atomic mass is 16.5. The fourth-order valence-electron chi connectivity index (χ4n) is 2.74. The molecule has 7 heteroatoms. The Bertz CT molecular complexity index is 727. The molecule has 2 N–H and O–H groups in total. The van der Waals surface area contributed by atoms with Gasteiger partial charge in [-0.05, 0) is 32.3 Å². The predicted octanol–water partition coefficient (Wildman–Crippen LogP) is 3.34. The molecular formula is C19H26N4O3. The molecule has 140 valence electrons. The SMILES string of the molecule is COCC(C)n1ccc(NC(=O)NCc2ccccc2OC2CCC2)n1. The van der Waals surface area contributed by atoms with Crippen LogP contribution in [0.4, 0.5) is 10.6 Å². The Kier molecular flexibility index (Phi) is 6.12. The molecule has 3 rings (SSSR count). The number of anilines is 1. The normalized spacial score (nSPS) is 15.2. The van der Waals surface area contributed by atoms with Crippen molar-refractivity contribution in [1.82, 2.24) is 15.1 Å². The monoisotopic (exact) mass is 358 g/mol. The van der Waals surface area contributed by atoms with E-state index in [2.05, 4.69) is 15.7 Å². The first kappa shape index (κ1) is 18.3. The largest absolute Gasteiger partial charge is 0.490 e. The van der Waals surface area contributed by atoms with E-state index in [1.54, 1.807) is 17.9 Å². The van der Waals surface area contributed by atoms with E-state index in [1.807, 2.05) is 37.4 Å². The molecule has 0 saturated heterocycles. The van der Waals surface area contributed by atoms with E-state index in [1.165, 1.54) is 6.42 Å². The van der Waals surface area contributed by atoms with E-state index in [0.29, 0.717) is 25.1 Å². The lowest BCUT2D eigenvalue weighted by Gasteiger charge is -2.27. The van der Waals surface area contributed by atoms with E-state index < -0.39 is 0 Å². The summed E-state index contributed by atoms with van der Waals surface area (Å²) in [5, 5.41) is 9.94. The number of urea groups is 1. The van der Waals surface area contributed by atoms with Crippen molar-refractivity contribution in [3.05, 3.63) is 42.1 Å². The highest BCUT2D eigenvalue weighted by Gasteiger charge is 2.20. The smallest absolute Gasteiger partial charge is 0.320 e. The maximum Gasteiger partial charge on any atom is 0.320 e. The van der Waals surface area contributed by atoms with Crippen LogP contribution in [-0.2, 0) is 11.3 Å². The highest BCUT2D eigenvalue weighted by Crippen LogP contribution is 2.27. The van der Waals surface area contributed by atoms with Gasteiger partial charge in [0.1, 0.15) is 5.75 Å². The lowest BCUT2D eigenvalue weighted by atomic mass is 9.96. The number of amides is 2. The molecule has 0 bridgehead atoms. The molecule has 7 nitrogen and oxygen atoms in total. The van der Waals surface area contributed by atoms with Crippen LogP contribution in [0.5, 0.6) is 5.75 Å². The molecule has 2 amide bonds. The summed E-state index contributed by atoms with van der Waals surface area (Å²) in [6, 6.07) is 9.38. The molecule has 1 aliphatic rings. The second-order valence-corrected chi connectivity index (χ2v) is 6.57. The number of para-hydroxylation sites is 1. The van der Waals surface area contributed by atoms with Crippen molar-refractivity contribution in [2.45, 2.75) is 44.9 Å². The molecule has 1 heterocycles. The van der Waals surface area contributed by atoms with Crippen molar-refractivity contribution in [2.75, 3.05) is 19.0 Å². The number of rotatable bonds is 8. The number of benzene rings is 1. The van der Waals surface area contributed by atoms with Crippen molar-refractivity contribution in [1.29, 1.82) is 0 Å². The third-order valence-corrected chi connectivity index (χ3v) is 4.47. The van der Waals surface area contributed by atoms with E-state index in [4.69, 9.17) is 9.47 Å². The molecule has 0 radical (unpaired) electrons. The third-order valence-electron chi connectivity index (χ3n) is 4.47. The van der Waals surface area contributed by atoms with Gasteiger partial charge in [0, 0.05) is 31.5 Å². The topological polar surface area (TPSA) is 77.4 Å². The van der Waals surface area contributed by atoms with Gasteiger partial charge in [-0.1, -0.05) is 18.2 Å². The molecule has 0 aliphatic heterocycles. The molecule has 1 fully saturated rings. The summed E-state index contributed by atoms with van der Waals surface area (Å²) in [6.45, 7) is 2.96. The van der Waals surface area contributed by atoms with Crippen LogP contribution in [0.15, 0.2) is 36.5 Å². The van der Waals surface area contributed by atoms with Gasteiger partial charge < -0.3 is 14.8 Å². The highest BCUT2D eigenvalue weighted by molar-refractivity contribution is 5.88. The molecule has 0 spiro atoms. The van der Waals surface area contributed by atoms with Crippen LogP contribution in [0.3, 0.4) is 0 Å². The molecule has 2 aromatic rings. The van der Waals surface area contributed by atoms with Crippen LogP contribution in [-0.4, -0.2) is 35.6 Å². The molecule has 1 aromatic carbocycles. The van der Waals surface area contributed by atoms with Gasteiger partial charge in [-0.15, -0.1) is 0 Å². The van der Waals surface area contributed by atoms with Crippen molar-refractivity contribution >= 4 is 11.8 Å². The van der Waals surface area contributed by atoms with Gasteiger partial charge in [0.05, 0.1) is 18.8 Å². The number of nitrogens with zero attached hydrogens (tertiary/aromatic N) is 2. The zero-order valence-electron chi connectivity index (χ0n) is 15.3. The fourth-order valence-corrected chi connectivity index (χ4v) is 2.74. The van der Waals surface area contributed by atoms with Crippen LogP contribution in [0.1, 0.15) is 37.8 Å². The molecule has 1 unspecified atom stereocenters. The Hall–Kier alpha value is -2.54. The first-order valence-electron chi connectivity index (χ1n) is 8.99. The second-order valence-electron chi connectivity index (χ2n) is 6.57. The zero-order chi connectivity index (χ0) is 18.4. The minimum absolute atomic E-state index is 0.106. The molecule has 1 saturated carbocycles. The van der Waals surface area contributed by atoms with E-state index in [9.17, 15) is 4.79 Å². The summed E-state index contributed by atoms with van der Waals surface area (Å²) >= 11 is 0. The summed E-state index contributed by atoms with van der Waals surface area (Å²) in [6.07, 6.45) is 5.56. The Morgan fingerprint density at radius 1 is 1.35 bits per heavy atom. The van der Waals surface area contributed by atoms with Crippen molar-refractivity contribution in [2.24, 2.45) is 0 Å². The number of ether oxygens (including phenoxy) is 2. The average Bonchev–Trinajstić information content (AvgIpc) is 3.06. The lowest BCUT2D eigenvalue weighted by Crippen LogP contribution is -2.29. The molecule has 26 heavy (non-hydrogen) atoms. The standard InChI is InChI=1S/C19H26N4O3/c1-14(13-25-2)23-11-10-18(22-23)21-19(24)20-12-15-6-3-4-9-17(15)26-16-7-5-8-16/h3-4,6,9-11,14,16H,5,7-8,12-13H2,1-2H3,(H2,20,21,22,24). The van der Waals surface area contributed by atoms with Gasteiger partial charge in [0.15, 0.2) is 5.82 Å². The number of hydrogen-bond acceptors (Lipinski definition) is 4. The van der Waals surface area contributed by atoms with E-state index in [-0.39, 0.29) is 12.1 Å². The first-order chi connectivity index (χ1) is 12.7. The summed E-state index contributed by atoms with van der Waals surface area (Å²) in [7, 11) is 1.65. The van der Waals surface area contributed by atoms with Crippen molar-refractivity contribution < 1.29 is 14.3 Å². The van der Waals surface area contributed by atoms with E-state index >= 15 is 0 Å². The summed E-state index contributed by atoms with van der Waals surface area (Å²) in [5.74, 6) is 1.35. The van der Waals surface area contributed by atoms with Crippen LogP contribution in [0.25, 0.3) is 0 Å². The van der Waals surface area contributed by atoms with E-state index in [0.717, 1.165) is 24.2 Å². The van der Waals surface area contributed by atoms with Crippen LogP contribution in [0, 0.1) is 0 Å². The van der Waals surface area contributed by atoms with Crippen molar-refractivity contribution in [3.63, 3.8) is 0 Å². The Morgan fingerprint density at radius 3 is 2.88 bits per heavy atom. The number of methoxy groups -OCH3 is 1. The quantitative estimate of drug-likeness (QED) is 0.759. The number of hydrogen-bond donors (Lipinski definition) is 2. The summed E-state index contributed by atoms with van der Waals surface area (Å²) < 4.78 is 12.9. The van der Waals surface area contributed by atoms with Gasteiger partial charge in [-0.2, -0.15) is 5.10 Å². The van der Waals surface area contributed by atoms with Gasteiger partial charge in [0.25, 0.3) is 0 Å². The third kappa shape index (κ3) is 4.76. The average molecular weight is 358 g/mol.